The first kappa shape index (κ1) is 14.2. The van der Waals surface area contributed by atoms with Crippen molar-refractivity contribution >= 4 is 17.5 Å². The highest BCUT2D eigenvalue weighted by molar-refractivity contribution is 5.90. The van der Waals surface area contributed by atoms with Crippen LogP contribution >= 0.6 is 0 Å². The SMILES string of the molecule is CCCNC(=O)Cc1ccc(N(C)C(C)=O)cc1. The van der Waals surface area contributed by atoms with E-state index in [9.17, 15) is 9.59 Å². The first-order chi connectivity index (χ1) is 8.54. The third-order valence-corrected chi connectivity index (χ3v) is 2.73. The molecule has 4 heteroatoms. The zero-order valence-electron chi connectivity index (χ0n) is 11.2. The maximum atomic E-state index is 11.5. The van der Waals surface area contributed by atoms with Crippen LogP contribution in [0.2, 0.25) is 0 Å². The lowest BCUT2D eigenvalue weighted by atomic mass is 10.1. The van der Waals surface area contributed by atoms with E-state index in [4.69, 9.17) is 0 Å². The molecule has 0 aliphatic carbocycles. The molecule has 0 bridgehead atoms. The van der Waals surface area contributed by atoms with Gasteiger partial charge in [-0.1, -0.05) is 19.1 Å². The van der Waals surface area contributed by atoms with Crippen LogP contribution in [0.3, 0.4) is 0 Å². The number of amides is 2. The van der Waals surface area contributed by atoms with E-state index < -0.39 is 0 Å². The Kier molecular flexibility index (Phi) is 5.36. The second kappa shape index (κ2) is 6.79. The van der Waals surface area contributed by atoms with Gasteiger partial charge in [0.25, 0.3) is 0 Å². The topological polar surface area (TPSA) is 49.4 Å². The Balaban J connectivity index is 2.60. The molecule has 0 spiro atoms. The van der Waals surface area contributed by atoms with Crippen LogP contribution in [0.4, 0.5) is 5.69 Å². The molecule has 0 saturated heterocycles. The summed E-state index contributed by atoms with van der Waals surface area (Å²) in [7, 11) is 1.73. The minimum absolute atomic E-state index is 0.0107. The van der Waals surface area contributed by atoms with Gasteiger partial charge in [-0.25, -0.2) is 0 Å². The van der Waals surface area contributed by atoms with Crippen LogP contribution < -0.4 is 10.2 Å². The average Bonchev–Trinajstić information content (AvgIpc) is 2.36. The molecular weight excluding hydrogens is 228 g/mol. The normalized spacial score (nSPS) is 9.94. The Labute approximate surface area is 108 Å². The Morgan fingerprint density at radius 1 is 1.22 bits per heavy atom. The van der Waals surface area contributed by atoms with Gasteiger partial charge in [0.2, 0.25) is 11.8 Å². The maximum Gasteiger partial charge on any atom is 0.224 e. The monoisotopic (exact) mass is 248 g/mol. The molecule has 0 saturated carbocycles. The van der Waals surface area contributed by atoms with Crippen molar-refractivity contribution < 1.29 is 9.59 Å². The summed E-state index contributed by atoms with van der Waals surface area (Å²) in [5, 5.41) is 2.83. The summed E-state index contributed by atoms with van der Waals surface area (Å²) >= 11 is 0. The van der Waals surface area contributed by atoms with Gasteiger partial charge in [0.05, 0.1) is 6.42 Å². The molecule has 0 unspecified atom stereocenters. The molecule has 0 heterocycles. The average molecular weight is 248 g/mol. The largest absolute Gasteiger partial charge is 0.356 e. The summed E-state index contributed by atoms with van der Waals surface area (Å²) in [6.45, 7) is 4.25. The predicted octanol–water partition coefficient (Wildman–Crippen LogP) is 1.74. The van der Waals surface area contributed by atoms with Gasteiger partial charge < -0.3 is 10.2 Å². The summed E-state index contributed by atoms with van der Waals surface area (Å²) in [5.41, 5.74) is 1.78. The van der Waals surface area contributed by atoms with E-state index in [1.165, 1.54) is 6.92 Å². The van der Waals surface area contributed by atoms with Crippen molar-refractivity contribution in [3.63, 3.8) is 0 Å². The number of hydrogen-bond donors (Lipinski definition) is 1. The minimum atomic E-state index is -0.0107. The third kappa shape index (κ3) is 4.20. The molecule has 0 aliphatic rings. The van der Waals surface area contributed by atoms with E-state index in [1.807, 2.05) is 31.2 Å². The summed E-state index contributed by atoms with van der Waals surface area (Å²) in [6.07, 6.45) is 1.32. The third-order valence-electron chi connectivity index (χ3n) is 2.73. The first-order valence-corrected chi connectivity index (χ1v) is 6.14. The van der Waals surface area contributed by atoms with E-state index in [1.54, 1.807) is 11.9 Å². The lowest BCUT2D eigenvalue weighted by molar-refractivity contribution is -0.120. The van der Waals surface area contributed by atoms with Gasteiger partial charge in [0, 0.05) is 26.2 Å². The van der Waals surface area contributed by atoms with Crippen LogP contribution in [0, 0.1) is 0 Å². The standard InChI is InChI=1S/C14H20N2O2/c1-4-9-15-14(18)10-12-5-7-13(8-6-12)16(3)11(2)17/h5-8H,4,9-10H2,1-3H3,(H,15,18). The van der Waals surface area contributed by atoms with E-state index in [2.05, 4.69) is 5.32 Å². The van der Waals surface area contributed by atoms with Crippen molar-refractivity contribution in [3.8, 4) is 0 Å². The van der Waals surface area contributed by atoms with Crippen molar-refractivity contribution in [2.45, 2.75) is 26.7 Å². The van der Waals surface area contributed by atoms with E-state index in [-0.39, 0.29) is 11.8 Å². The number of nitrogens with one attached hydrogen (secondary N) is 1. The van der Waals surface area contributed by atoms with Gasteiger partial charge in [-0.3, -0.25) is 9.59 Å². The number of hydrogen-bond acceptors (Lipinski definition) is 2. The van der Waals surface area contributed by atoms with Gasteiger partial charge in [-0.2, -0.15) is 0 Å². The number of anilines is 1. The fourth-order valence-electron chi connectivity index (χ4n) is 1.53. The molecule has 0 atom stereocenters. The summed E-state index contributed by atoms with van der Waals surface area (Å²) in [5.74, 6) is 0.0213. The van der Waals surface area contributed by atoms with Crippen LogP contribution in [-0.4, -0.2) is 25.4 Å². The molecular formula is C14H20N2O2. The Morgan fingerprint density at radius 2 is 1.83 bits per heavy atom. The molecule has 98 valence electrons. The van der Waals surface area contributed by atoms with Crippen LogP contribution in [-0.2, 0) is 16.0 Å². The molecule has 1 aromatic rings. The molecule has 0 aromatic heterocycles. The molecule has 1 N–H and O–H groups in total. The molecule has 1 aromatic carbocycles. The second-order valence-corrected chi connectivity index (χ2v) is 4.27. The maximum absolute atomic E-state index is 11.5. The number of benzene rings is 1. The van der Waals surface area contributed by atoms with Crippen LogP contribution in [0.15, 0.2) is 24.3 Å². The number of nitrogens with zero attached hydrogens (tertiary/aromatic N) is 1. The number of rotatable bonds is 5. The van der Waals surface area contributed by atoms with Crippen molar-refractivity contribution in [2.75, 3.05) is 18.5 Å². The van der Waals surface area contributed by atoms with E-state index in [0.717, 1.165) is 17.7 Å². The highest BCUT2D eigenvalue weighted by atomic mass is 16.2. The zero-order valence-corrected chi connectivity index (χ0v) is 11.2. The fraction of sp³-hybridized carbons (Fsp3) is 0.429. The summed E-state index contributed by atoms with van der Waals surface area (Å²) in [4.78, 5) is 24.3. The predicted molar refractivity (Wildman–Crippen MR) is 72.5 cm³/mol. The molecule has 0 radical (unpaired) electrons. The minimum Gasteiger partial charge on any atom is -0.356 e. The quantitative estimate of drug-likeness (QED) is 0.863. The van der Waals surface area contributed by atoms with Gasteiger partial charge in [-0.15, -0.1) is 0 Å². The fourth-order valence-corrected chi connectivity index (χ4v) is 1.53. The smallest absolute Gasteiger partial charge is 0.224 e. The van der Waals surface area contributed by atoms with Gasteiger partial charge in [-0.05, 0) is 24.1 Å². The first-order valence-electron chi connectivity index (χ1n) is 6.14. The van der Waals surface area contributed by atoms with E-state index >= 15 is 0 Å². The van der Waals surface area contributed by atoms with E-state index in [0.29, 0.717) is 13.0 Å². The van der Waals surface area contributed by atoms with Gasteiger partial charge in [0.1, 0.15) is 0 Å². The summed E-state index contributed by atoms with van der Waals surface area (Å²) < 4.78 is 0. The number of carbonyl (C=O) groups is 2. The lowest BCUT2D eigenvalue weighted by Gasteiger charge is -2.15. The Hall–Kier alpha value is -1.84. The Morgan fingerprint density at radius 3 is 2.33 bits per heavy atom. The Bertz CT molecular complexity index is 412. The zero-order chi connectivity index (χ0) is 13.5. The van der Waals surface area contributed by atoms with Crippen molar-refractivity contribution in [3.05, 3.63) is 29.8 Å². The highest BCUT2D eigenvalue weighted by Gasteiger charge is 2.06. The van der Waals surface area contributed by atoms with Crippen LogP contribution in [0.25, 0.3) is 0 Å². The van der Waals surface area contributed by atoms with Crippen molar-refractivity contribution in [1.82, 2.24) is 5.32 Å². The van der Waals surface area contributed by atoms with Crippen molar-refractivity contribution in [2.24, 2.45) is 0 Å². The van der Waals surface area contributed by atoms with Gasteiger partial charge >= 0.3 is 0 Å². The van der Waals surface area contributed by atoms with Crippen LogP contribution in [0.5, 0.6) is 0 Å². The van der Waals surface area contributed by atoms with Gasteiger partial charge in [0.15, 0.2) is 0 Å². The number of carbonyl (C=O) groups excluding carboxylic acids is 2. The van der Waals surface area contributed by atoms with Crippen molar-refractivity contribution in [1.29, 1.82) is 0 Å². The molecule has 18 heavy (non-hydrogen) atoms. The highest BCUT2D eigenvalue weighted by Crippen LogP contribution is 2.14. The second-order valence-electron chi connectivity index (χ2n) is 4.27. The lowest BCUT2D eigenvalue weighted by Crippen LogP contribution is -2.25. The molecule has 4 nitrogen and oxygen atoms in total. The van der Waals surface area contributed by atoms with Crippen LogP contribution in [0.1, 0.15) is 25.8 Å². The molecule has 2 amide bonds. The molecule has 1 rings (SSSR count). The summed E-state index contributed by atoms with van der Waals surface area (Å²) in [6, 6.07) is 7.45. The molecule has 0 fully saturated rings. The molecule has 0 aliphatic heterocycles.